The molecule has 4 aromatic rings. The highest BCUT2D eigenvalue weighted by Gasteiger charge is 2.45. The minimum Gasteiger partial charge on any atom is -0.497 e. The Kier molecular flexibility index (Phi) is 7.40. The zero-order valence-corrected chi connectivity index (χ0v) is 21.0. The van der Waals surface area contributed by atoms with Gasteiger partial charge in [-0.25, -0.2) is 0 Å². The zero-order chi connectivity index (χ0) is 27.0. The number of aliphatic hydroxyl groups excluding tert-OH is 4. The Bertz CT molecular complexity index is 1450. The molecular formula is C28H26ClNO8. The first kappa shape index (κ1) is 26.2. The summed E-state index contributed by atoms with van der Waals surface area (Å²) in [5.41, 5.74) is 1.99. The highest BCUT2D eigenvalue weighted by atomic mass is 35.5. The number of halogens is 1. The number of ether oxygens (including phenoxy) is 3. The van der Waals surface area contributed by atoms with Crippen LogP contribution in [-0.4, -0.2) is 75.2 Å². The monoisotopic (exact) mass is 539 g/mol. The number of methoxy groups -OCH3 is 1. The van der Waals surface area contributed by atoms with Crippen molar-refractivity contribution in [3.05, 3.63) is 89.1 Å². The summed E-state index contributed by atoms with van der Waals surface area (Å²) in [6.07, 6.45) is -5.62. The molecule has 5 atom stereocenters. The molecule has 0 aliphatic carbocycles. The summed E-state index contributed by atoms with van der Waals surface area (Å²) in [5, 5.41) is 41.4. The maximum absolute atomic E-state index is 13.5. The van der Waals surface area contributed by atoms with Crippen molar-refractivity contribution >= 4 is 28.3 Å². The van der Waals surface area contributed by atoms with Crippen LogP contribution < -0.4 is 9.47 Å². The molecule has 1 aliphatic rings. The van der Waals surface area contributed by atoms with Gasteiger partial charge in [-0.2, -0.15) is 0 Å². The van der Waals surface area contributed by atoms with E-state index in [4.69, 9.17) is 25.8 Å². The number of hydrogen-bond acceptors (Lipinski definition) is 8. The van der Waals surface area contributed by atoms with E-state index in [1.165, 1.54) is 7.11 Å². The number of rotatable bonds is 7. The first-order chi connectivity index (χ1) is 18.3. The molecule has 0 unspecified atom stereocenters. The molecule has 0 radical (unpaired) electrons. The number of fused-ring (bicyclic) bond motifs is 1. The number of aliphatic hydroxyl groups is 4. The van der Waals surface area contributed by atoms with Crippen LogP contribution in [0, 0.1) is 0 Å². The lowest BCUT2D eigenvalue weighted by atomic mass is 9.99. The average molecular weight is 540 g/mol. The third kappa shape index (κ3) is 4.76. The molecule has 1 aromatic heterocycles. The average Bonchev–Trinajstić information content (AvgIpc) is 3.29. The van der Waals surface area contributed by atoms with Gasteiger partial charge in [0.25, 0.3) is 0 Å². The van der Waals surface area contributed by atoms with Crippen LogP contribution in [0.4, 0.5) is 0 Å². The maximum Gasteiger partial charge on any atom is 0.229 e. The van der Waals surface area contributed by atoms with E-state index in [1.54, 1.807) is 71.4 Å². The fourth-order valence-corrected chi connectivity index (χ4v) is 4.69. The van der Waals surface area contributed by atoms with Gasteiger partial charge in [-0.1, -0.05) is 41.9 Å². The van der Waals surface area contributed by atoms with E-state index in [2.05, 4.69) is 0 Å². The van der Waals surface area contributed by atoms with Crippen molar-refractivity contribution in [2.45, 2.75) is 30.7 Å². The summed E-state index contributed by atoms with van der Waals surface area (Å²) < 4.78 is 18.7. The summed E-state index contributed by atoms with van der Waals surface area (Å²) in [6.45, 7) is -0.586. The topological polar surface area (TPSA) is 131 Å². The second-order valence-corrected chi connectivity index (χ2v) is 9.35. The van der Waals surface area contributed by atoms with Crippen LogP contribution in [0.15, 0.2) is 72.9 Å². The molecule has 198 valence electrons. The molecule has 9 nitrogen and oxygen atoms in total. The minimum atomic E-state index is -1.60. The van der Waals surface area contributed by atoms with Crippen LogP contribution in [0.1, 0.15) is 15.9 Å². The van der Waals surface area contributed by atoms with Crippen LogP contribution in [0.25, 0.3) is 16.6 Å². The van der Waals surface area contributed by atoms with Crippen LogP contribution in [0.3, 0.4) is 0 Å². The van der Waals surface area contributed by atoms with Gasteiger partial charge in [0, 0.05) is 27.6 Å². The molecule has 38 heavy (non-hydrogen) atoms. The van der Waals surface area contributed by atoms with E-state index in [0.29, 0.717) is 38.5 Å². The molecule has 0 saturated carbocycles. The summed E-state index contributed by atoms with van der Waals surface area (Å²) in [6, 6.07) is 19.0. The molecule has 0 amide bonds. The lowest BCUT2D eigenvalue weighted by molar-refractivity contribution is -0.277. The molecule has 4 N–H and O–H groups in total. The summed E-state index contributed by atoms with van der Waals surface area (Å²) in [5.74, 6) is 0.565. The number of ketones is 1. The smallest absolute Gasteiger partial charge is 0.229 e. The Morgan fingerprint density at radius 3 is 2.47 bits per heavy atom. The quantitative estimate of drug-likeness (QED) is 0.264. The number of benzene rings is 3. The number of carbonyl (C=O) groups is 1. The second-order valence-electron chi connectivity index (χ2n) is 8.92. The van der Waals surface area contributed by atoms with Crippen molar-refractivity contribution in [1.82, 2.24) is 4.57 Å². The fourth-order valence-electron chi connectivity index (χ4n) is 4.53. The first-order valence-corrected chi connectivity index (χ1v) is 12.3. The predicted octanol–water partition coefficient (Wildman–Crippen LogP) is 2.70. The fraction of sp³-hybridized carbons (Fsp3) is 0.250. The Balaban J connectivity index is 1.63. The Labute approximate surface area is 223 Å². The Morgan fingerprint density at radius 2 is 1.76 bits per heavy atom. The van der Waals surface area contributed by atoms with Gasteiger partial charge in [-0.05, 0) is 30.3 Å². The third-order valence-corrected chi connectivity index (χ3v) is 6.80. The van der Waals surface area contributed by atoms with Gasteiger partial charge < -0.3 is 39.2 Å². The normalized spacial score (nSPS) is 23.4. The van der Waals surface area contributed by atoms with Crippen molar-refractivity contribution in [2.24, 2.45) is 0 Å². The largest absolute Gasteiger partial charge is 0.497 e. The number of carbonyl (C=O) groups excluding carboxylic acids is 1. The molecule has 1 fully saturated rings. The second kappa shape index (κ2) is 10.7. The first-order valence-electron chi connectivity index (χ1n) is 11.9. The molecule has 10 heteroatoms. The van der Waals surface area contributed by atoms with Gasteiger partial charge in [-0.15, -0.1) is 0 Å². The highest BCUT2D eigenvalue weighted by Crippen LogP contribution is 2.37. The van der Waals surface area contributed by atoms with Gasteiger partial charge in [-0.3, -0.25) is 4.79 Å². The minimum absolute atomic E-state index is 0.205. The summed E-state index contributed by atoms with van der Waals surface area (Å²) in [7, 11) is 1.52. The highest BCUT2D eigenvalue weighted by molar-refractivity contribution is 6.31. The van der Waals surface area contributed by atoms with Crippen molar-refractivity contribution in [3.8, 4) is 17.2 Å². The molecular weight excluding hydrogens is 514 g/mol. The third-order valence-electron chi connectivity index (χ3n) is 6.57. The van der Waals surface area contributed by atoms with Crippen molar-refractivity contribution in [2.75, 3.05) is 13.7 Å². The van der Waals surface area contributed by atoms with Crippen molar-refractivity contribution in [3.63, 3.8) is 0 Å². The number of aromatic nitrogens is 1. The van der Waals surface area contributed by atoms with E-state index in [-0.39, 0.29) is 11.5 Å². The van der Waals surface area contributed by atoms with Gasteiger partial charge >= 0.3 is 0 Å². The van der Waals surface area contributed by atoms with Gasteiger partial charge in [0.1, 0.15) is 35.9 Å². The standard InChI is InChI=1S/C28H26ClNO8/c1-36-17-8-10-19(24(32)15-5-3-2-4-6-15)21(12-17)30-13-22(18-9-7-16(29)11-20(18)30)37-28-27(35)26(34)25(33)23(14-31)38-28/h2-13,23,25-28,31,33-35H,14H2,1H3/t23-,25+,26+,27-,28+/m1/s1. The maximum atomic E-state index is 13.5. The lowest BCUT2D eigenvalue weighted by Crippen LogP contribution is -2.60. The van der Waals surface area contributed by atoms with Gasteiger partial charge in [0.15, 0.2) is 5.78 Å². The molecule has 0 bridgehead atoms. The van der Waals surface area contributed by atoms with Crippen molar-refractivity contribution < 1.29 is 39.4 Å². The predicted molar refractivity (Wildman–Crippen MR) is 139 cm³/mol. The van der Waals surface area contributed by atoms with Crippen LogP contribution in [0.5, 0.6) is 11.5 Å². The van der Waals surface area contributed by atoms with Crippen molar-refractivity contribution in [1.29, 1.82) is 0 Å². The summed E-state index contributed by atoms with van der Waals surface area (Å²) in [4.78, 5) is 13.5. The Hall–Kier alpha value is -3.44. The van der Waals surface area contributed by atoms with Gasteiger partial charge in [0.05, 0.1) is 31.1 Å². The molecule has 1 aliphatic heterocycles. The molecule has 0 spiro atoms. The van der Waals surface area contributed by atoms with Crippen LogP contribution >= 0.6 is 11.6 Å². The number of nitrogens with zero attached hydrogens (tertiary/aromatic N) is 1. The van der Waals surface area contributed by atoms with E-state index >= 15 is 0 Å². The van der Waals surface area contributed by atoms with Crippen LogP contribution in [-0.2, 0) is 4.74 Å². The zero-order valence-electron chi connectivity index (χ0n) is 20.3. The molecule has 3 aromatic carbocycles. The van der Waals surface area contributed by atoms with E-state index in [1.807, 2.05) is 6.07 Å². The SMILES string of the molecule is COc1ccc(C(=O)c2ccccc2)c(-n2cc(O[C@H]3O[C@H](CO)[C@H](O)[C@H](O)[C@H]3O)c3ccc(Cl)cc32)c1. The lowest BCUT2D eigenvalue weighted by Gasteiger charge is -2.39. The van der Waals surface area contributed by atoms with E-state index in [0.717, 1.165) is 0 Å². The molecule has 5 rings (SSSR count). The van der Waals surface area contributed by atoms with E-state index < -0.39 is 37.3 Å². The van der Waals surface area contributed by atoms with Crippen LogP contribution in [0.2, 0.25) is 5.02 Å². The molecule has 1 saturated heterocycles. The Morgan fingerprint density at radius 1 is 1.00 bits per heavy atom. The van der Waals surface area contributed by atoms with Gasteiger partial charge in [0.2, 0.25) is 6.29 Å². The number of hydrogen-bond donors (Lipinski definition) is 4. The molecule has 2 heterocycles. The van der Waals surface area contributed by atoms with E-state index in [9.17, 15) is 25.2 Å². The summed E-state index contributed by atoms with van der Waals surface area (Å²) >= 11 is 6.33.